The van der Waals surface area contributed by atoms with Gasteiger partial charge in [-0.2, -0.15) is 0 Å². The molecule has 1 heterocycles. The average Bonchev–Trinajstić information content (AvgIpc) is 3.69. The predicted molar refractivity (Wildman–Crippen MR) is 279 cm³/mol. The average molecular weight is 829 g/mol. The van der Waals surface area contributed by atoms with Gasteiger partial charge in [-0.05, 0) is 145 Å². The fourth-order valence-corrected chi connectivity index (χ4v) is 10.1. The Hall–Kier alpha value is -8.46. The molecule has 0 saturated heterocycles. The molecule has 0 atom stereocenters. The Morgan fingerprint density at radius 2 is 0.862 bits per heavy atom. The van der Waals surface area contributed by atoms with Gasteiger partial charge in [0.1, 0.15) is 0 Å². The summed E-state index contributed by atoms with van der Waals surface area (Å²) >= 11 is 0. The third-order valence-corrected chi connectivity index (χ3v) is 13.0. The van der Waals surface area contributed by atoms with Crippen LogP contribution in [0, 0.1) is 6.92 Å². The smallest absolute Gasteiger partial charge is 0.0561 e. The topological polar surface area (TPSA) is 8.17 Å². The predicted octanol–water partition coefficient (Wildman–Crippen LogP) is 17.5. The quantitative estimate of drug-likeness (QED) is 0.109. The summed E-state index contributed by atoms with van der Waals surface area (Å²) in [7, 11) is 0. The van der Waals surface area contributed by atoms with Gasteiger partial charge in [0, 0.05) is 33.5 Å². The van der Waals surface area contributed by atoms with Crippen molar-refractivity contribution in [2.24, 2.45) is 0 Å². The molecule has 2 nitrogen and oxygen atoms in total. The summed E-state index contributed by atoms with van der Waals surface area (Å²) in [5, 5.41) is 10.0. The van der Waals surface area contributed by atoms with E-state index >= 15 is 0 Å². The number of rotatable bonds is 8. The van der Waals surface area contributed by atoms with Crippen LogP contribution in [0.2, 0.25) is 0 Å². The monoisotopic (exact) mass is 828 g/mol. The Bertz CT molecular complexity index is 3710. The number of para-hydroxylation sites is 3. The molecule has 0 aliphatic heterocycles. The Morgan fingerprint density at radius 3 is 1.51 bits per heavy atom. The van der Waals surface area contributed by atoms with E-state index < -0.39 is 0 Å². The number of hydrogen-bond donors (Lipinski definition) is 0. The van der Waals surface area contributed by atoms with E-state index in [2.05, 4.69) is 265 Å². The van der Waals surface area contributed by atoms with Gasteiger partial charge in [-0.1, -0.05) is 182 Å². The van der Waals surface area contributed by atoms with E-state index in [0.29, 0.717) is 0 Å². The maximum Gasteiger partial charge on any atom is 0.0561 e. The molecule has 0 bridgehead atoms. The van der Waals surface area contributed by atoms with Crippen molar-refractivity contribution >= 4 is 83.3 Å². The Morgan fingerprint density at radius 1 is 0.338 bits per heavy atom. The fraction of sp³-hybridized carbons (Fsp3) is 0.0159. The third-order valence-electron chi connectivity index (χ3n) is 13.0. The maximum absolute atomic E-state index is 2.42. The largest absolute Gasteiger partial charge is 0.310 e. The van der Waals surface area contributed by atoms with Crippen LogP contribution in [0.3, 0.4) is 0 Å². The van der Waals surface area contributed by atoms with E-state index in [1.54, 1.807) is 0 Å². The fourth-order valence-electron chi connectivity index (χ4n) is 10.1. The van der Waals surface area contributed by atoms with Crippen molar-refractivity contribution in [3.63, 3.8) is 0 Å². The SMILES string of the molecule is Cc1cc(C=Cc2ccc3c4ccc(N(c5ccccc5)c5ccccc5)cc4n(-c4ccccc4)c3c2)cc2ccc(-c3c(-c4ccccc4)c4ccccc4c4ccccc34)cc12. The number of hydrogen-bond acceptors (Lipinski definition) is 1. The van der Waals surface area contributed by atoms with Crippen LogP contribution in [-0.2, 0) is 0 Å². The van der Waals surface area contributed by atoms with Crippen molar-refractivity contribution in [2.45, 2.75) is 6.92 Å². The number of fused-ring (bicyclic) bond motifs is 7. The summed E-state index contributed by atoms with van der Waals surface area (Å²) in [6.07, 6.45) is 4.52. The van der Waals surface area contributed by atoms with Crippen LogP contribution in [0.25, 0.3) is 94.2 Å². The number of benzene rings is 11. The van der Waals surface area contributed by atoms with Crippen molar-refractivity contribution < 1.29 is 0 Å². The van der Waals surface area contributed by atoms with Crippen LogP contribution in [0.15, 0.2) is 237 Å². The zero-order valence-corrected chi connectivity index (χ0v) is 36.1. The van der Waals surface area contributed by atoms with Gasteiger partial charge in [-0.15, -0.1) is 0 Å². The van der Waals surface area contributed by atoms with E-state index in [-0.39, 0.29) is 0 Å². The van der Waals surface area contributed by atoms with Crippen LogP contribution in [0.1, 0.15) is 16.7 Å². The molecule has 0 radical (unpaired) electrons. The molecule has 0 spiro atoms. The molecular weight excluding hydrogens is 785 g/mol. The highest BCUT2D eigenvalue weighted by Gasteiger charge is 2.20. The van der Waals surface area contributed by atoms with Crippen molar-refractivity contribution in [3.8, 4) is 27.9 Å². The van der Waals surface area contributed by atoms with Gasteiger partial charge in [-0.25, -0.2) is 0 Å². The maximum atomic E-state index is 2.42. The van der Waals surface area contributed by atoms with Crippen molar-refractivity contribution in [2.75, 3.05) is 4.90 Å². The van der Waals surface area contributed by atoms with Gasteiger partial charge < -0.3 is 9.47 Å². The first kappa shape index (κ1) is 38.2. The van der Waals surface area contributed by atoms with Crippen LogP contribution < -0.4 is 4.90 Å². The molecule has 12 aromatic rings. The minimum atomic E-state index is 1.11. The summed E-state index contributed by atoms with van der Waals surface area (Å²) in [5.74, 6) is 0. The van der Waals surface area contributed by atoms with E-state index in [0.717, 1.165) is 28.3 Å². The first-order valence-electron chi connectivity index (χ1n) is 22.4. The third kappa shape index (κ3) is 6.75. The van der Waals surface area contributed by atoms with Gasteiger partial charge >= 0.3 is 0 Å². The minimum Gasteiger partial charge on any atom is -0.310 e. The molecule has 1 aromatic heterocycles. The van der Waals surface area contributed by atoms with E-state index in [4.69, 9.17) is 0 Å². The highest BCUT2D eigenvalue weighted by molar-refractivity contribution is 6.22. The van der Waals surface area contributed by atoms with Crippen LogP contribution in [0.4, 0.5) is 17.1 Å². The summed E-state index contributed by atoms with van der Waals surface area (Å²) in [4.78, 5) is 2.33. The lowest BCUT2D eigenvalue weighted by atomic mass is 9.84. The summed E-state index contributed by atoms with van der Waals surface area (Å²) in [6.45, 7) is 2.25. The number of aromatic nitrogens is 1. The molecule has 0 amide bonds. The molecule has 12 rings (SSSR count). The second-order valence-electron chi connectivity index (χ2n) is 17.0. The van der Waals surface area contributed by atoms with Gasteiger partial charge in [0.15, 0.2) is 0 Å². The molecule has 11 aromatic carbocycles. The Kier molecular flexibility index (Phi) is 9.43. The summed E-state index contributed by atoms with van der Waals surface area (Å²) < 4.78 is 2.42. The van der Waals surface area contributed by atoms with Gasteiger partial charge in [0.2, 0.25) is 0 Å². The first-order chi connectivity index (χ1) is 32.2. The van der Waals surface area contributed by atoms with E-state index in [9.17, 15) is 0 Å². The van der Waals surface area contributed by atoms with Crippen molar-refractivity contribution in [1.82, 2.24) is 4.57 Å². The normalized spacial score (nSPS) is 11.7. The van der Waals surface area contributed by atoms with Gasteiger partial charge in [0.25, 0.3) is 0 Å². The molecule has 0 unspecified atom stereocenters. The Balaban J connectivity index is 0.947. The molecule has 0 fully saturated rings. The van der Waals surface area contributed by atoms with Crippen molar-refractivity contribution in [3.05, 3.63) is 253 Å². The molecule has 2 heteroatoms. The highest BCUT2D eigenvalue weighted by atomic mass is 15.1. The second-order valence-corrected chi connectivity index (χ2v) is 17.0. The number of nitrogens with zero attached hydrogens (tertiary/aromatic N) is 2. The minimum absolute atomic E-state index is 1.11. The molecule has 0 aliphatic rings. The molecule has 0 saturated carbocycles. The summed E-state index contributed by atoms with van der Waals surface area (Å²) in [5.41, 5.74) is 15.4. The molecule has 0 aliphatic carbocycles. The highest BCUT2D eigenvalue weighted by Crippen LogP contribution is 2.46. The lowest BCUT2D eigenvalue weighted by Gasteiger charge is -2.25. The van der Waals surface area contributed by atoms with Gasteiger partial charge in [-0.3, -0.25) is 0 Å². The zero-order valence-electron chi connectivity index (χ0n) is 36.1. The van der Waals surface area contributed by atoms with Crippen molar-refractivity contribution in [1.29, 1.82) is 0 Å². The van der Waals surface area contributed by atoms with Gasteiger partial charge in [0.05, 0.1) is 11.0 Å². The first-order valence-corrected chi connectivity index (χ1v) is 22.4. The molecule has 306 valence electrons. The molecular formula is C63H44N2. The standard InChI is InChI=1S/C63H44N2/c1-43-38-45(39-47-33-34-48(41-59(43)47)63-58-29-17-15-27-54(58)53-26-14-16-28-57(53)62(63)46-18-6-2-7-19-46)31-30-44-32-36-55-56-37-35-52(42-61(56)65(60(55)40-44)51-24-12-5-13-25-51)64(49-20-8-3-9-21-49)50-22-10-4-11-23-50/h2-42H,1H3. The van der Waals surface area contributed by atoms with E-state index in [1.165, 1.54) is 87.5 Å². The van der Waals surface area contributed by atoms with Crippen LogP contribution >= 0.6 is 0 Å². The zero-order chi connectivity index (χ0) is 43.3. The Labute approximate surface area is 379 Å². The van der Waals surface area contributed by atoms with Crippen LogP contribution in [0.5, 0.6) is 0 Å². The molecule has 0 N–H and O–H groups in total. The second kappa shape index (κ2) is 16.0. The van der Waals surface area contributed by atoms with E-state index in [1.807, 2.05) is 0 Å². The lowest BCUT2D eigenvalue weighted by Crippen LogP contribution is -2.09. The molecule has 65 heavy (non-hydrogen) atoms. The number of anilines is 3. The summed E-state index contributed by atoms with van der Waals surface area (Å²) in [6, 6.07) is 86.0. The van der Waals surface area contributed by atoms with Crippen LogP contribution in [-0.4, -0.2) is 4.57 Å². The number of aryl methyl sites for hydroxylation is 1. The lowest BCUT2D eigenvalue weighted by molar-refractivity contribution is 1.18.